The average Bonchev–Trinajstić information content (AvgIpc) is 1.98. The van der Waals surface area contributed by atoms with Crippen LogP contribution in [0.2, 0.25) is 0 Å². The Kier molecular flexibility index (Phi) is 11.8. The fraction of sp³-hybridized carbons (Fsp3) is 1.00. The van der Waals surface area contributed by atoms with Gasteiger partial charge in [-0.05, 0) is 23.6 Å². The van der Waals surface area contributed by atoms with Gasteiger partial charge >= 0.3 is 29.6 Å². The molecule has 1 atom stereocenters. The predicted octanol–water partition coefficient (Wildman–Crippen LogP) is 0.381. The van der Waals surface area contributed by atoms with E-state index in [0.717, 1.165) is 5.75 Å². The van der Waals surface area contributed by atoms with Crippen LogP contribution in [0, 0.1) is 11.8 Å². The molecule has 0 heterocycles. The third-order valence-electron chi connectivity index (χ3n) is 1.14. The van der Waals surface area contributed by atoms with Gasteiger partial charge in [-0.15, -0.1) is 0 Å². The van der Waals surface area contributed by atoms with Gasteiger partial charge in [0.1, 0.15) is 0 Å². The number of hydrogen-bond acceptors (Lipinski definition) is 3. The zero-order valence-electron chi connectivity index (χ0n) is 10.7. The van der Waals surface area contributed by atoms with Gasteiger partial charge in [-0.1, -0.05) is 39.1 Å². The van der Waals surface area contributed by atoms with Gasteiger partial charge in [0, 0.05) is 5.75 Å². The van der Waals surface area contributed by atoms with E-state index in [9.17, 15) is 4.89 Å². The Morgan fingerprint density at radius 2 is 1.86 bits per heavy atom. The van der Waals surface area contributed by atoms with Gasteiger partial charge in [-0.3, -0.25) is 0 Å². The van der Waals surface area contributed by atoms with Gasteiger partial charge in [0.2, 0.25) is 5.69 Å². The van der Waals surface area contributed by atoms with Crippen LogP contribution in [-0.2, 0) is 16.3 Å². The molecule has 0 fully saturated rings. The summed E-state index contributed by atoms with van der Waals surface area (Å²) in [5.74, 6) is 1.84. The van der Waals surface area contributed by atoms with Crippen LogP contribution < -0.4 is 29.6 Å². The molecule has 0 saturated carbocycles. The van der Waals surface area contributed by atoms with E-state index in [1.54, 1.807) is 0 Å². The first-order chi connectivity index (χ1) is 5.83. The Balaban J connectivity index is -0.000000720. The smallest absolute Gasteiger partial charge is 1.00 e. The summed E-state index contributed by atoms with van der Waals surface area (Å²) < 4.78 is 5.29. The first-order valence-electron chi connectivity index (χ1n) is 4.45. The third kappa shape index (κ3) is 12.0. The summed E-state index contributed by atoms with van der Waals surface area (Å²) in [5, 5.41) is 0. The zero-order valence-corrected chi connectivity index (χ0v) is 14.2. The number of hydrogen-bond donors (Lipinski definition) is 1. The Bertz CT molecular complexity index is 177. The predicted molar refractivity (Wildman–Crippen MR) is 65.7 cm³/mol. The van der Waals surface area contributed by atoms with Crippen molar-refractivity contribution in [2.75, 3.05) is 12.4 Å². The summed E-state index contributed by atoms with van der Waals surface area (Å²) in [4.78, 5) is 9.68. The van der Waals surface area contributed by atoms with E-state index in [1.807, 2.05) is 13.8 Å². The molecule has 0 radical (unpaired) electrons. The summed E-state index contributed by atoms with van der Waals surface area (Å²) in [5.41, 5.74) is -2.55. The molecular weight excluding hydrogens is 246 g/mol. The van der Waals surface area contributed by atoms with Crippen molar-refractivity contribution in [2.24, 2.45) is 11.8 Å². The van der Waals surface area contributed by atoms with E-state index in [-0.39, 0.29) is 31.0 Å². The standard InChI is InChI=1S/C8H19O2PS2.Na.H/c1-7(2)5-10-11(9,12)13-6-8(3)4;;/h7-8H,5-6H2,1-4H3,(H,9,12);;/q;+1;-1. The second-order valence-corrected chi connectivity index (χ2v) is 10.1. The van der Waals surface area contributed by atoms with E-state index in [4.69, 9.17) is 16.3 Å². The largest absolute Gasteiger partial charge is 1.00 e. The molecular formula is C8H20NaO2PS2. The molecule has 1 unspecified atom stereocenters. The molecule has 0 aliphatic heterocycles. The van der Waals surface area contributed by atoms with Gasteiger partial charge in [0.05, 0.1) is 6.61 Å². The van der Waals surface area contributed by atoms with Gasteiger partial charge in [0.25, 0.3) is 0 Å². The summed E-state index contributed by atoms with van der Waals surface area (Å²) in [7, 11) is 0. The summed E-state index contributed by atoms with van der Waals surface area (Å²) in [6.07, 6.45) is 0. The second kappa shape index (κ2) is 9.00. The van der Waals surface area contributed by atoms with Crippen LogP contribution in [-0.4, -0.2) is 17.3 Å². The van der Waals surface area contributed by atoms with Crippen LogP contribution in [0.3, 0.4) is 0 Å². The van der Waals surface area contributed by atoms with Crippen LogP contribution >= 0.6 is 17.1 Å². The van der Waals surface area contributed by atoms with E-state index >= 15 is 0 Å². The zero-order chi connectivity index (χ0) is 10.5. The van der Waals surface area contributed by atoms with Crippen LogP contribution in [0.1, 0.15) is 29.1 Å². The minimum absolute atomic E-state index is 0. The molecule has 0 aromatic heterocycles. The fourth-order valence-corrected chi connectivity index (χ4v) is 4.17. The molecule has 82 valence electrons. The van der Waals surface area contributed by atoms with Crippen molar-refractivity contribution >= 4 is 28.9 Å². The Morgan fingerprint density at radius 3 is 2.21 bits per heavy atom. The van der Waals surface area contributed by atoms with E-state index in [0.29, 0.717) is 18.4 Å². The van der Waals surface area contributed by atoms with Crippen LogP contribution in [0.5, 0.6) is 0 Å². The second-order valence-electron chi connectivity index (χ2n) is 3.85. The molecule has 2 nitrogen and oxygen atoms in total. The van der Waals surface area contributed by atoms with Gasteiger partial charge in [-0.25, -0.2) is 0 Å². The first kappa shape index (κ1) is 18.3. The van der Waals surface area contributed by atoms with Gasteiger partial charge in [-0.2, -0.15) is 0 Å². The van der Waals surface area contributed by atoms with Crippen LogP contribution in [0.15, 0.2) is 0 Å². The van der Waals surface area contributed by atoms with Crippen molar-refractivity contribution in [2.45, 2.75) is 27.7 Å². The summed E-state index contributed by atoms with van der Waals surface area (Å²) in [6.45, 7) is 8.85. The van der Waals surface area contributed by atoms with Gasteiger partial charge in [0.15, 0.2) is 0 Å². The molecule has 14 heavy (non-hydrogen) atoms. The van der Waals surface area contributed by atoms with E-state index in [2.05, 4.69) is 13.8 Å². The monoisotopic (exact) mass is 266 g/mol. The molecule has 0 aliphatic carbocycles. The van der Waals surface area contributed by atoms with Gasteiger partial charge < -0.3 is 10.8 Å². The molecule has 0 spiro atoms. The van der Waals surface area contributed by atoms with Crippen LogP contribution in [0.4, 0.5) is 0 Å². The third-order valence-corrected chi connectivity index (χ3v) is 5.77. The van der Waals surface area contributed by atoms with Crippen molar-refractivity contribution in [1.29, 1.82) is 0 Å². The molecule has 6 heteroatoms. The Hall–Kier alpha value is 1.92. The maximum absolute atomic E-state index is 9.68. The molecule has 0 amide bonds. The van der Waals surface area contributed by atoms with E-state index in [1.165, 1.54) is 11.4 Å². The topological polar surface area (TPSA) is 29.5 Å². The van der Waals surface area contributed by atoms with Crippen molar-refractivity contribution in [3.8, 4) is 0 Å². The molecule has 0 rings (SSSR count). The fourth-order valence-electron chi connectivity index (χ4n) is 0.524. The maximum Gasteiger partial charge on any atom is 1.00 e. The van der Waals surface area contributed by atoms with E-state index < -0.39 is 5.69 Å². The SMILES string of the molecule is CC(C)COP(O)(=S)SCC(C)C.[H-].[Na+]. The summed E-state index contributed by atoms with van der Waals surface area (Å²) in [6, 6.07) is 0. The first-order valence-corrected chi connectivity index (χ1v) is 8.71. The molecule has 0 aromatic carbocycles. The Morgan fingerprint density at radius 1 is 1.36 bits per heavy atom. The molecule has 0 saturated heterocycles. The summed E-state index contributed by atoms with van der Waals surface area (Å²) >= 11 is 6.38. The van der Waals surface area contributed by atoms with Crippen molar-refractivity contribution in [3.05, 3.63) is 0 Å². The molecule has 0 aliphatic rings. The molecule has 0 bridgehead atoms. The minimum atomic E-state index is -2.55. The normalized spacial score (nSPS) is 15.4. The number of rotatable bonds is 6. The quantitative estimate of drug-likeness (QED) is 0.556. The Labute approximate surface area is 120 Å². The van der Waals surface area contributed by atoms with Crippen molar-refractivity contribution in [3.63, 3.8) is 0 Å². The minimum Gasteiger partial charge on any atom is -1.00 e. The molecule has 1 N–H and O–H groups in total. The van der Waals surface area contributed by atoms with Crippen LogP contribution in [0.25, 0.3) is 0 Å². The maximum atomic E-state index is 9.68. The van der Waals surface area contributed by atoms with Crippen molar-refractivity contribution in [1.82, 2.24) is 0 Å². The molecule has 0 aromatic rings. The van der Waals surface area contributed by atoms with Crippen molar-refractivity contribution < 1.29 is 40.4 Å². The average molecular weight is 266 g/mol.